The first-order valence-electron chi connectivity index (χ1n) is 7.45. The minimum atomic E-state index is -0.299. The molecule has 0 N–H and O–H groups in total. The highest BCUT2D eigenvalue weighted by atomic mass is 16.6. The molecule has 0 bridgehead atoms. The number of amides is 1. The Morgan fingerprint density at radius 2 is 2.09 bits per heavy atom. The van der Waals surface area contributed by atoms with Gasteiger partial charge in [0.05, 0.1) is 0 Å². The summed E-state index contributed by atoms with van der Waals surface area (Å²) in [7, 11) is 0. The number of piperidine rings is 1. The van der Waals surface area contributed by atoms with Gasteiger partial charge in [-0.3, -0.25) is 4.79 Å². The van der Waals surface area contributed by atoms with Gasteiger partial charge in [0, 0.05) is 31.5 Å². The summed E-state index contributed by atoms with van der Waals surface area (Å²) in [6.07, 6.45) is 11.8. The molecule has 0 radical (unpaired) electrons. The zero-order valence-electron chi connectivity index (χ0n) is 12.6. The van der Waals surface area contributed by atoms with Gasteiger partial charge >= 0.3 is 6.09 Å². The summed E-state index contributed by atoms with van der Waals surface area (Å²) in [5.74, 6) is 0.779. The van der Waals surface area contributed by atoms with Crippen molar-refractivity contribution in [2.45, 2.75) is 25.4 Å². The van der Waals surface area contributed by atoms with Crippen molar-refractivity contribution in [3.05, 3.63) is 48.3 Å². The lowest BCUT2D eigenvalue weighted by Crippen LogP contribution is -2.41. The number of carbonyl (C=O) groups excluding carboxylic acids is 2. The molecule has 0 saturated carbocycles. The monoisotopic (exact) mass is 303 g/mol. The standard InChI is InChI=1S/C17H21NO4/c1-2-12-21-17(20)18-10-8-16(9-11-18)22-15-5-3-4-14(13-19)6-7-15/h2,4-7,13,16H,1,3,8-12H2. The number of hydrogen-bond acceptors (Lipinski definition) is 4. The van der Waals surface area contributed by atoms with Gasteiger partial charge in [-0.2, -0.15) is 0 Å². The Balaban J connectivity index is 1.78. The molecule has 1 aliphatic carbocycles. The van der Waals surface area contributed by atoms with E-state index < -0.39 is 0 Å². The summed E-state index contributed by atoms with van der Waals surface area (Å²) >= 11 is 0. The molecule has 1 saturated heterocycles. The minimum Gasteiger partial charge on any atom is -0.491 e. The average Bonchev–Trinajstić information content (AvgIpc) is 2.78. The van der Waals surface area contributed by atoms with Crippen molar-refractivity contribution in [1.29, 1.82) is 0 Å². The largest absolute Gasteiger partial charge is 0.491 e. The third-order valence-electron chi connectivity index (χ3n) is 3.58. The second kappa shape index (κ2) is 8.22. The van der Waals surface area contributed by atoms with E-state index in [0.29, 0.717) is 25.1 Å². The predicted molar refractivity (Wildman–Crippen MR) is 83.2 cm³/mol. The molecule has 1 fully saturated rings. The maximum absolute atomic E-state index is 11.7. The van der Waals surface area contributed by atoms with Crippen LogP contribution in [0, 0.1) is 0 Å². The topological polar surface area (TPSA) is 55.8 Å². The van der Waals surface area contributed by atoms with Crippen LogP contribution >= 0.6 is 0 Å². The Labute approximate surface area is 130 Å². The lowest BCUT2D eigenvalue weighted by molar-refractivity contribution is -0.104. The maximum Gasteiger partial charge on any atom is 0.410 e. The third kappa shape index (κ3) is 4.62. The van der Waals surface area contributed by atoms with Crippen LogP contribution in [0.1, 0.15) is 19.3 Å². The molecule has 5 heteroatoms. The fourth-order valence-corrected chi connectivity index (χ4v) is 2.37. The van der Waals surface area contributed by atoms with E-state index in [2.05, 4.69) is 6.58 Å². The quantitative estimate of drug-likeness (QED) is 0.579. The normalized spacial score (nSPS) is 18.8. The Bertz CT molecular complexity index is 511. The summed E-state index contributed by atoms with van der Waals surface area (Å²) in [6.45, 7) is 5.00. The number of hydrogen-bond donors (Lipinski definition) is 0. The van der Waals surface area contributed by atoms with Gasteiger partial charge in [0.15, 0.2) is 0 Å². The van der Waals surface area contributed by atoms with Crippen molar-refractivity contribution in [3.63, 3.8) is 0 Å². The van der Waals surface area contributed by atoms with Gasteiger partial charge in [0.2, 0.25) is 0 Å². The molecule has 1 amide bonds. The third-order valence-corrected chi connectivity index (χ3v) is 3.58. The van der Waals surface area contributed by atoms with E-state index >= 15 is 0 Å². The predicted octanol–water partition coefficient (Wildman–Crippen LogP) is 2.76. The Kier molecular flexibility index (Phi) is 6.01. The Morgan fingerprint density at radius 3 is 2.77 bits per heavy atom. The zero-order chi connectivity index (χ0) is 15.8. The van der Waals surface area contributed by atoms with E-state index in [-0.39, 0.29) is 18.8 Å². The van der Waals surface area contributed by atoms with Crippen LogP contribution in [-0.2, 0) is 14.3 Å². The molecule has 0 unspecified atom stereocenters. The van der Waals surface area contributed by atoms with E-state index in [1.165, 1.54) is 0 Å². The molecule has 22 heavy (non-hydrogen) atoms. The van der Waals surface area contributed by atoms with Crippen LogP contribution in [0.15, 0.2) is 48.3 Å². The van der Waals surface area contributed by atoms with Crippen molar-refractivity contribution in [2.75, 3.05) is 19.7 Å². The molecular weight excluding hydrogens is 282 g/mol. The van der Waals surface area contributed by atoms with E-state index in [4.69, 9.17) is 9.47 Å². The van der Waals surface area contributed by atoms with Crippen LogP contribution in [-0.4, -0.2) is 43.1 Å². The van der Waals surface area contributed by atoms with E-state index in [1.807, 2.05) is 18.2 Å². The fourth-order valence-electron chi connectivity index (χ4n) is 2.37. The van der Waals surface area contributed by atoms with Crippen LogP contribution in [0.2, 0.25) is 0 Å². The highest BCUT2D eigenvalue weighted by Crippen LogP contribution is 2.20. The van der Waals surface area contributed by atoms with Crippen LogP contribution in [0.25, 0.3) is 0 Å². The van der Waals surface area contributed by atoms with Crippen molar-refractivity contribution in [1.82, 2.24) is 4.90 Å². The molecule has 1 aliphatic heterocycles. The number of aldehydes is 1. The molecule has 1 heterocycles. The lowest BCUT2D eigenvalue weighted by atomic mass is 10.1. The molecular formula is C17H21NO4. The smallest absolute Gasteiger partial charge is 0.410 e. The van der Waals surface area contributed by atoms with Crippen molar-refractivity contribution in [3.8, 4) is 0 Å². The molecule has 0 aromatic heterocycles. The van der Waals surface area contributed by atoms with Crippen LogP contribution in [0.3, 0.4) is 0 Å². The highest BCUT2D eigenvalue weighted by Gasteiger charge is 2.24. The van der Waals surface area contributed by atoms with Crippen molar-refractivity contribution in [2.24, 2.45) is 0 Å². The first-order valence-corrected chi connectivity index (χ1v) is 7.45. The molecule has 0 spiro atoms. The Morgan fingerprint density at radius 1 is 1.32 bits per heavy atom. The van der Waals surface area contributed by atoms with Gasteiger partial charge in [0.25, 0.3) is 0 Å². The molecule has 2 rings (SSSR count). The lowest BCUT2D eigenvalue weighted by Gasteiger charge is -2.31. The zero-order valence-corrected chi connectivity index (χ0v) is 12.6. The molecule has 0 aromatic carbocycles. The van der Waals surface area contributed by atoms with Crippen molar-refractivity contribution >= 4 is 12.4 Å². The summed E-state index contributed by atoms with van der Waals surface area (Å²) in [5, 5.41) is 0. The number of rotatable bonds is 5. The second-order valence-electron chi connectivity index (χ2n) is 5.17. The summed E-state index contributed by atoms with van der Waals surface area (Å²) in [4.78, 5) is 24.2. The summed E-state index contributed by atoms with van der Waals surface area (Å²) < 4.78 is 11.0. The fraction of sp³-hybridized carbons (Fsp3) is 0.412. The summed E-state index contributed by atoms with van der Waals surface area (Å²) in [6, 6.07) is 0. The van der Waals surface area contributed by atoms with E-state index in [1.54, 1.807) is 17.1 Å². The summed E-state index contributed by atoms with van der Waals surface area (Å²) in [5.41, 5.74) is 0.662. The second-order valence-corrected chi connectivity index (χ2v) is 5.17. The van der Waals surface area contributed by atoms with E-state index in [9.17, 15) is 9.59 Å². The maximum atomic E-state index is 11.7. The molecule has 2 aliphatic rings. The van der Waals surface area contributed by atoms with Gasteiger partial charge in [-0.1, -0.05) is 18.7 Å². The molecule has 118 valence electrons. The molecule has 0 aromatic rings. The molecule has 0 atom stereocenters. The van der Waals surface area contributed by atoms with E-state index in [0.717, 1.165) is 24.9 Å². The van der Waals surface area contributed by atoms with Crippen LogP contribution in [0.4, 0.5) is 4.79 Å². The van der Waals surface area contributed by atoms with Crippen molar-refractivity contribution < 1.29 is 19.1 Å². The first-order chi connectivity index (χ1) is 10.7. The van der Waals surface area contributed by atoms with Crippen LogP contribution in [0.5, 0.6) is 0 Å². The number of nitrogens with zero attached hydrogens (tertiary/aromatic N) is 1. The van der Waals surface area contributed by atoms with Gasteiger partial charge in [-0.15, -0.1) is 0 Å². The van der Waals surface area contributed by atoms with Gasteiger partial charge in [0.1, 0.15) is 24.8 Å². The number of likely N-dealkylation sites (tertiary alicyclic amines) is 1. The number of ether oxygens (including phenoxy) is 2. The average molecular weight is 303 g/mol. The number of allylic oxidation sites excluding steroid dienone is 5. The SMILES string of the molecule is C=CCOC(=O)N1CCC(OC2=CCC=C(C=O)C=C2)CC1. The van der Waals surface area contributed by atoms with Gasteiger partial charge < -0.3 is 14.4 Å². The highest BCUT2D eigenvalue weighted by molar-refractivity contribution is 5.77. The minimum absolute atomic E-state index is 0.0807. The molecule has 5 nitrogen and oxygen atoms in total. The Hall–Kier alpha value is -2.30. The number of carbonyl (C=O) groups is 2. The van der Waals surface area contributed by atoms with Gasteiger partial charge in [-0.05, 0) is 24.6 Å². The van der Waals surface area contributed by atoms with Crippen LogP contribution < -0.4 is 0 Å². The first kappa shape index (κ1) is 16.1. The van der Waals surface area contributed by atoms with Gasteiger partial charge in [-0.25, -0.2) is 4.79 Å².